The van der Waals surface area contributed by atoms with Crippen molar-refractivity contribution in [3.05, 3.63) is 46.8 Å². The van der Waals surface area contributed by atoms with Gasteiger partial charge in [0.05, 0.1) is 28.9 Å². The third-order valence-corrected chi connectivity index (χ3v) is 5.43. The molecule has 1 atom stereocenters. The molecule has 9 heteroatoms. The van der Waals surface area contributed by atoms with E-state index in [0.29, 0.717) is 42.9 Å². The molecule has 0 bridgehead atoms. The van der Waals surface area contributed by atoms with E-state index in [1.807, 2.05) is 4.68 Å². The number of amides is 1. The number of aliphatic hydroxyl groups is 1. The van der Waals surface area contributed by atoms with Crippen LogP contribution in [0.25, 0.3) is 0 Å². The number of primary sulfonamides is 1. The summed E-state index contributed by atoms with van der Waals surface area (Å²) < 4.78 is 25.0. The molecule has 0 saturated heterocycles. The molecule has 0 radical (unpaired) electrons. The van der Waals surface area contributed by atoms with Crippen LogP contribution in [-0.2, 0) is 23.1 Å². The Morgan fingerprint density at radius 1 is 1.31 bits per heavy atom. The largest absolute Gasteiger partial charge is 0.387 e. The first-order valence-electron chi connectivity index (χ1n) is 8.34. The SMILES string of the molecule is Cc1ccc(S(N)(=O)=O)cc1C(=O)N1CCCn2nc([C@H](C)O)cc2C1. The second-order valence-corrected chi connectivity index (χ2v) is 8.12. The molecule has 3 rings (SSSR count). The van der Waals surface area contributed by atoms with Crippen molar-refractivity contribution in [1.82, 2.24) is 14.7 Å². The number of sulfonamides is 1. The predicted molar refractivity (Wildman–Crippen MR) is 94.8 cm³/mol. The van der Waals surface area contributed by atoms with Crippen LogP contribution < -0.4 is 5.14 Å². The number of hydrogen-bond acceptors (Lipinski definition) is 5. The van der Waals surface area contributed by atoms with Crippen molar-refractivity contribution in [2.75, 3.05) is 6.54 Å². The zero-order valence-corrected chi connectivity index (χ0v) is 15.5. The van der Waals surface area contributed by atoms with Crippen molar-refractivity contribution >= 4 is 15.9 Å². The van der Waals surface area contributed by atoms with Gasteiger partial charge in [-0.3, -0.25) is 9.48 Å². The summed E-state index contributed by atoms with van der Waals surface area (Å²) in [6.07, 6.45) is 0.0420. The average molecular weight is 378 g/mol. The third-order valence-electron chi connectivity index (χ3n) is 4.52. The standard InChI is InChI=1S/C17H22N4O4S/c1-11-4-5-14(26(18,24)25)9-15(11)17(23)20-6-3-7-21-13(10-20)8-16(19-21)12(2)22/h4-5,8-9,12,22H,3,6-7,10H2,1-2H3,(H2,18,24,25)/t12-/m0/s1. The maximum Gasteiger partial charge on any atom is 0.254 e. The normalized spacial score (nSPS) is 16.1. The Labute approximate surface area is 152 Å². The quantitative estimate of drug-likeness (QED) is 0.824. The number of rotatable bonds is 3. The van der Waals surface area contributed by atoms with Gasteiger partial charge in [0, 0.05) is 18.7 Å². The van der Waals surface area contributed by atoms with E-state index in [1.54, 1.807) is 30.9 Å². The second-order valence-electron chi connectivity index (χ2n) is 6.56. The molecule has 0 unspecified atom stereocenters. The van der Waals surface area contributed by atoms with Crippen LogP contribution in [0.4, 0.5) is 0 Å². The number of fused-ring (bicyclic) bond motifs is 1. The molecule has 26 heavy (non-hydrogen) atoms. The summed E-state index contributed by atoms with van der Waals surface area (Å²) in [6.45, 7) is 4.94. The minimum absolute atomic E-state index is 0.0808. The molecule has 0 saturated carbocycles. The fraction of sp³-hybridized carbons (Fsp3) is 0.412. The molecule has 2 heterocycles. The monoisotopic (exact) mass is 378 g/mol. The molecule has 1 aromatic heterocycles. The van der Waals surface area contributed by atoms with Crippen LogP contribution in [0.5, 0.6) is 0 Å². The Kier molecular flexibility index (Phi) is 4.87. The topological polar surface area (TPSA) is 119 Å². The smallest absolute Gasteiger partial charge is 0.254 e. The summed E-state index contributed by atoms with van der Waals surface area (Å²) in [5.74, 6) is -0.249. The van der Waals surface area contributed by atoms with Gasteiger partial charge in [-0.25, -0.2) is 13.6 Å². The summed E-state index contributed by atoms with van der Waals surface area (Å²) >= 11 is 0. The number of nitrogens with zero attached hydrogens (tertiary/aromatic N) is 3. The molecule has 8 nitrogen and oxygen atoms in total. The van der Waals surface area contributed by atoms with Crippen LogP contribution in [0.1, 0.15) is 46.8 Å². The highest BCUT2D eigenvalue weighted by Crippen LogP contribution is 2.21. The van der Waals surface area contributed by atoms with Crippen LogP contribution in [0, 0.1) is 6.92 Å². The average Bonchev–Trinajstić information content (AvgIpc) is 2.86. The van der Waals surface area contributed by atoms with E-state index < -0.39 is 16.1 Å². The maximum atomic E-state index is 13.0. The summed E-state index contributed by atoms with van der Waals surface area (Å²) in [6, 6.07) is 6.11. The fourth-order valence-corrected chi connectivity index (χ4v) is 3.58. The lowest BCUT2D eigenvalue weighted by atomic mass is 10.1. The van der Waals surface area contributed by atoms with Gasteiger partial charge >= 0.3 is 0 Å². The minimum Gasteiger partial charge on any atom is -0.387 e. The molecule has 0 spiro atoms. The molecule has 2 aromatic rings. The molecule has 1 amide bonds. The molecular formula is C17H22N4O4S. The Hall–Kier alpha value is -2.23. The first kappa shape index (κ1) is 18.6. The van der Waals surface area contributed by atoms with Gasteiger partial charge in [0.25, 0.3) is 5.91 Å². The van der Waals surface area contributed by atoms with E-state index >= 15 is 0 Å². The molecule has 0 fully saturated rings. The van der Waals surface area contributed by atoms with E-state index in [0.717, 1.165) is 5.69 Å². The van der Waals surface area contributed by atoms with E-state index in [4.69, 9.17) is 5.14 Å². The molecule has 1 aromatic carbocycles. The van der Waals surface area contributed by atoms with Crippen molar-refractivity contribution in [3.8, 4) is 0 Å². The first-order valence-corrected chi connectivity index (χ1v) is 9.89. The van der Waals surface area contributed by atoms with Crippen molar-refractivity contribution in [3.63, 3.8) is 0 Å². The van der Waals surface area contributed by atoms with Gasteiger partial charge in [0.1, 0.15) is 0 Å². The lowest BCUT2D eigenvalue weighted by Crippen LogP contribution is -2.31. The maximum absolute atomic E-state index is 13.0. The van der Waals surface area contributed by atoms with Crippen LogP contribution in [0.15, 0.2) is 29.2 Å². The number of aryl methyl sites for hydroxylation is 2. The summed E-state index contributed by atoms with van der Waals surface area (Å²) in [5, 5.41) is 19.3. The van der Waals surface area contributed by atoms with Crippen LogP contribution in [-0.4, -0.2) is 40.7 Å². The Balaban J connectivity index is 1.92. The van der Waals surface area contributed by atoms with Gasteiger partial charge in [-0.1, -0.05) is 6.07 Å². The van der Waals surface area contributed by atoms with Crippen molar-refractivity contribution in [1.29, 1.82) is 0 Å². The van der Waals surface area contributed by atoms with Crippen molar-refractivity contribution < 1.29 is 18.3 Å². The van der Waals surface area contributed by atoms with Crippen LogP contribution in [0.2, 0.25) is 0 Å². The molecular weight excluding hydrogens is 356 g/mol. The summed E-state index contributed by atoms with van der Waals surface area (Å²) in [4.78, 5) is 14.6. The molecule has 3 N–H and O–H groups in total. The Morgan fingerprint density at radius 3 is 2.69 bits per heavy atom. The lowest BCUT2D eigenvalue weighted by Gasteiger charge is -2.21. The van der Waals surface area contributed by atoms with Gasteiger partial charge in [-0.05, 0) is 44.0 Å². The van der Waals surface area contributed by atoms with Crippen LogP contribution >= 0.6 is 0 Å². The first-order chi connectivity index (χ1) is 12.2. The molecule has 140 valence electrons. The fourth-order valence-electron chi connectivity index (χ4n) is 3.04. The van der Waals surface area contributed by atoms with E-state index in [2.05, 4.69) is 5.10 Å². The van der Waals surface area contributed by atoms with Gasteiger partial charge in [-0.15, -0.1) is 0 Å². The molecule has 1 aliphatic heterocycles. The van der Waals surface area contributed by atoms with Crippen molar-refractivity contribution in [2.45, 2.75) is 44.4 Å². The zero-order valence-electron chi connectivity index (χ0n) is 14.7. The second kappa shape index (κ2) is 6.82. The van der Waals surface area contributed by atoms with Crippen molar-refractivity contribution in [2.24, 2.45) is 5.14 Å². The highest BCUT2D eigenvalue weighted by Gasteiger charge is 2.24. The summed E-state index contributed by atoms with van der Waals surface area (Å²) in [7, 11) is -3.88. The van der Waals surface area contributed by atoms with Crippen LogP contribution in [0.3, 0.4) is 0 Å². The number of benzene rings is 1. The Bertz CT molecular complexity index is 950. The van der Waals surface area contributed by atoms with E-state index in [9.17, 15) is 18.3 Å². The number of aliphatic hydroxyl groups excluding tert-OH is 1. The van der Waals surface area contributed by atoms with E-state index in [-0.39, 0.29) is 10.8 Å². The van der Waals surface area contributed by atoms with Gasteiger partial charge in [0.15, 0.2) is 0 Å². The Morgan fingerprint density at radius 2 is 2.04 bits per heavy atom. The summed E-state index contributed by atoms with van der Waals surface area (Å²) in [5.41, 5.74) is 2.42. The van der Waals surface area contributed by atoms with E-state index in [1.165, 1.54) is 12.1 Å². The minimum atomic E-state index is -3.88. The lowest BCUT2D eigenvalue weighted by molar-refractivity contribution is 0.0744. The predicted octanol–water partition coefficient (Wildman–Crippen LogP) is 0.938. The molecule has 1 aliphatic rings. The number of aromatic nitrogens is 2. The third kappa shape index (κ3) is 3.64. The highest BCUT2D eigenvalue weighted by atomic mass is 32.2. The van der Waals surface area contributed by atoms with Gasteiger partial charge in [0.2, 0.25) is 10.0 Å². The number of carbonyl (C=O) groups excluding carboxylic acids is 1. The zero-order chi connectivity index (χ0) is 19.1. The van der Waals surface area contributed by atoms with Gasteiger partial charge < -0.3 is 10.0 Å². The molecule has 0 aliphatic carbocycles. The number of carbonyl (C=O) groups is 1. The number of hydrogen-bond donors (Lipinski definition) is 2. The highest BCUT2D eigenvalue weighted by molar-refractivity contribution is 7.89. The van der Waals surface area contributed by atoms with Gasteiger partial charge in [-0.2, -0.15) is 5.10 Å². The number of nitrogens with two attached hydrogens (primary N) is 1.